The number of nitrogen functional groups attached to an aromatic ring is 1. The number of aromatic nitrogens is 1. The van der Waals surface area contributed by atoms with Gasteiger partial charge in [0.2, 0.25) is 0 Å². The molecule has 3 rings (SSSR count). The molecule has 1 amide bonds. The average Bonchev–Trinajstić information content (AvgIpc) is 3.36. The average molecular weight is 468 g/mol. The van der Waals surface area contributed by atoms with Gasteiger partial charge in [-0.2, -0.15) is 5.26 Å². The third-order valence-corrected chi connectivity index (χ3v) is 5.79. The van der Waals surface area contributed by atoms with Gasteiger partial charge in [0.25, 0.3) is 5.91 Å². The van der Waals surface area contributed by atoms with E-state index >= 15 is 0 Å². The molecule has 2 aromatic carbocycles. The number of hydrogen-bond acceptors (Lipinski definition) is 5. The highest BCUT2D eigenvalue weighted by molar-refractivity contribution is 6.12. The lowest BCUT2D eigenvalue weighted by Crippen LogP contribution is -2.26. The molecule has 3 aromatic rings. The molecule has 0 aliphatic rings. The molecule has 0 atom stereocenters. The van der Waals surface area contributed by atoms with E-state index in [1.165, 1.54) is 12.4 Å². The molecule has 6 N–H and O–H groups in total. The highest BCUT2D eigenvalue weighted by Gasteiger charge is 2.22. The lowest BCUT2D eigenvalue weighted by molar-refractivity contribution is -0.117. The SMILES string of the molecule is CC(C)(c1ccc(CN=C/C(=C\N)C(=O)NCc2ccc(C(=N)N)cc2)cc1)n1ccc(C#N)c1. The van der Waals surface area contributed by atoms with Gasteiger partial charge >= 0.3 is 0 Å². The smallest absolute Gasteiger partial charge is 0.254 e. The van der Waals surface area contributed by atoms with E-state index in [9.17, 15) is 4.79 Å². The van der Waals surface area contributed by atoms with E-state index in [4.69, 9.17) is 22.1 Å². The van der Waals surface area contributed by atoms with Gasteiger partial charge in [-0.25, -0.2) is 0 Å². The molecule has 35 heavy (non-hydrogen) atoms. The first-order valence-electron chi connectivity index (χ1n) is 11.1. The van der Waals surface area contributed by atoms with Gasteiger partial charge in [0, 0.05) is 36.9 Å². The zero-order valence-electron chi connectivity index (χ0n) is 19.8. The predicted octanol–water partition coefficient (Wildman–Crippen LogP) is 3.16. The fourth-order valence-electron chi connectivity index (χ4n) is 3.49. The van der Waals surface area contributed by atoms with Crippen molar-refractivity contribution in [3.63, 3.8) is 0 Å². The molecule has 0 saturated carbocycles. The summed E-state index contributed by atoms with van der Waals surface area (Å²) in [7, 11) is 0. The highest BCUT2D eigenvalue weighted by atomic mass is 16.1. The van der Waals surface area contributed by atoms with Crippen LogP contribution in [0.25, 0.3) is 0 Å². The Balaban J connectivity index is 1.56. The number of nitrogens with zero attached hydrogens (tertiary/aromatic N) is 3. The minimum atomic E-state index is -0.326. The fourth-order valence-corrected chi connectivity index (χ4v) is 3.49. The number of rotatable bonds is 9. The van der Waals surface area contributed by atoms with Crippen molar-refractivity contribution in [2.45, 2.75) is 32.5 Å². The summed E-state index contributed by atoms with van der Waals surface area (Å²) < 4.78 is 2.02. The maximum Gasteiger partial charge on any atom is 0.254 e. The summed E-state index contributed by atoms with van der Waals surface area (Å²) >= 11 is 0. The number of nitrogens with one attached hydrogen (secondary N) is 2. The molecule has 0 unspecified atom stereocenters. The van der Waals surface area contributed by atoms with Gasteiger partial charge in [-0.3, -0.25) is 15.2 Å². The Morgan fingerprint density at radius 2 is 1.80 bits per heavy atom. The molecule has 0 aliphatic carbocycles. The number of amides is 1. The fraction of sp³-hybridized carbons (Fsp3) is 0.185. The van der Waals surface area contributed by atoms with E-state index < -0.39 is 0 Å². The monoisotopic (exact) mass is 467 g/mol. The quantitative estimate of drug-likeness (QED) is 0.217. The molecule has 0 bridgehead atoms. The summed E-state index contributed by atoms with van der Waals surface area (Å²) in [5, 5.41) is 19.3. The minimum Gasteiger partial charge on any atom is -0.404 e. The number of aliphatic imine (C=N–C) groups is 1. The van der Waals surface area contributed by atoms with E-state index in [1.807, 2.05) is 41.2 Å². The molecule has 0 saturated heterocycles. The van der Waals surface area contributed by atoms with Gasteiger partial charge in [-0.15, -0.1) is 0 Å². The summed E-state index contributed by atoms with van der Waals surface area (Å²) in [6, 6.07) is 19.1. The molecule has 0 spiro atoms. The van der Waals surface area contributed by atoms with Crippen LogP contribution in [0, 0.1) is 16.7 Å². The van der Waals surface area contributed by atoms with Crippen LogP contribution in [0.15, 0.2) is 83.8 Å². The molecule has 1 heterocycles. The van der Waals surface area contributed by atoms with Gasteiger partial charge in [0.15, 0.2) is 0 Å². The molecule has 0 radical (unpaired) electrons. The van der Waals surface area contributed by atoms with Crippen molar-refractivity contribution in [1.82, 2.24) is 9.88 Å². The normalized spacial score (nSPS) is 11.9. The van der Waals surface area contributed by atoms with Crippen molar-refractivity contribution < 1.29 is 4.79 Å². The molecule has 0 fully saturated rings. The van der Waals surface area contributed by atoms with E-state index in [0.29, 0.717) is 24.2 Å². The molecule has 1 aromatic heterocycles. The van der Waals surface area contributed by atoms with Crippen molar-refractivity contribution in [3.05, 3.63) is 107 Å². The molecular weight excluding hydrogens is 438 g/mol. The number of nitriles is 1. The molecule has 8 nitrogen and oxygen atoms in total. The Labute approximate surface area is 205 Å². The lowest BCUT2D eigenvalue weighted by Gasteiger charge is -2.28. The lowest BCUT2D eigenvalue weighted by atomic mass is 9.93. The van der Waals surface area contributed by atoms with Gasteiger partial charge in [-0.1, -0.05) is 48.5 Å². The first-order valence-corrected chi connectivity index (χ1v) is 11.1. The molecule has 0 aliphatic heterocycles. The number of hydrogen-bond donors (Lipinski definition) is 4. The zero-order chi connectivity index (χ0) is 25.4. The second-order valence-electron chi connectivity index (χ2n) is 8.56. The van der Waals surface area contributed by atoms with Crippen LogP contribution in [0.5, 0.6) is 0 Å². The van der Waals surface area contributed by atoms with Crippen LogP contribution in [0.1, 0.15) is 41.7 Å². The van der Waals surface area contributed by atoms with Crippen LogP contribution < -0.4 is 16.8 Å². The third-order valence-electron chi connectivity index (χ3n) is 5.79. The Kier molecular flexibility index (Phi) is 7.85. The van der Waals surface area contributed by atoms with Crippen LogP contribution in [-0.2, 0) is 23.4 Å². The molecular formula is C27H29N7O. The number of amidine groups is 1. The van der Waals surface area contributed by atoms with Crippen molar-refractivity contribution in [1.29, 1.82) is 10.7 Å². The topological polar surface area (TPSA) is 146 Å². The second kappa shape index (κ2) is 11.0. The van der Waals surface area contributed by atoms with E-state index in [1.54, 1.807) is 30.3 Å². The third kappa shape index (κ3) is 6.24. The van der Waals surface area contributed by atoms with Gasteiger partial charge in [-0.05, 0) is 36.6 Å². The Morgan fingerprint density at radius 1 is 1.14 bits per heavy atom. The van der Waals surface area contributed by atoms with E-state index in [-0.39, 0.29) is 22.9 Å². The largest absolute Gasteiger partial charge is 0.404 e. The Morgan fingerprint density at radius 3 is 2.37 bits per heavy atom. The van der Waals surface area contributed by atoms with Crippen molar-refractivity contribution in [2.24, 2.45) is 16.5 Å². The summed E-state index contributed by atoms with van der Waals surface area (Å²) in [6.07, 6.45) is 6.44. The molecule has 8 heteroatoms. The van der Waals surface area contributed by atoms with Crippen LogP contribution in [0.3, 0.4) is 0 Å². The van der Waals surface area contributed by atoms with E-state index in [0.717, 1.165) is 16.7 Å². The summed E-state index contributed by atoms with van der Waals surface area (Å²) in [5.41, 5.74) is 15.3. The van der Waals surface area contributed by atoms with Crippen LogP contribution >= 0.6 is 0 Å². The first-order chi connectivity index (χ1) is 16.7. The highest BCUT2D eigenvalue weighted by Crippen LogP contribution is 2.26. The maximum atomic E-state index is 12.5. The number of nitrogens with two attached hydrogens (primary N) is 2. The van der Waals surface area contributed by atoms with Gasteiger partial charge in [0.05, 0.1) is 23.2 Å². The summed E-state index contributed by atoms with van der Waals surface area (Å²) in [5.74, 6) is -0.328. The zero-order valence-corrected chi connectivity index (χ0v) is 19.8. The van der Waals surface area contributed by atoms with Crippen LogP contribution in [-0.4, -0.2) is 22.5 Å². The van der Waals surface area contributed by atoms with Crippen molar-refractivity contribution in [2.75, 3.05) is 0 Å². The minimum absolute atomic E-state index is 0.00131. The van der Waals surface area contributed by atoms with Crippen molar-refractivity contribution in [3.8, 4) is 6.07 Å². The van der Waals surface area contributed by atoms with E-state index in [2.05, 4.69) is 30.2 Å². The Bertz CT molecular complexity index is 1290. The molecule has 178 valence electrons. The second-order valence-corrected chi connectivity index (χ2v) is 8.56. The number of carbonyl (C=O) groups is 1. The maximum absolute atomic E-state index is 12.5. The van der Waals surface area contributed by atoms with Crippen LogP contribution in [0.4, 0.5) is 0 Å². The number of benzene rings is 2. The van der Waals surface area contributed by atoms with Gasteiger partial charge in [0.1, 0.15) is 11.9 Å². The van der Waals surface area contributed by atoms with Gasteiger partial charge < -0.3 is 21.4 Å². The standard InChI is InChI=1S/C27H29N7O/c1-27(2,34-12-11-21(13-28)18-34)24-9-5-19(6-10-24)15-32-17-23(14-29)26(35)33-16-20-3-7-22(8-4-20)25(30)31/h3-12,14,17-18H,15-16,29H2,1-2H3,(H3,30,31)(H,33,35)/b23-14+,32-17?. The number of carbonyl (C=O) groups excluding carboxylic acids is 1. The summed E-state index contributed by atoms with van der Waals surface area (Å²) in [4.78, 5) is 16.8. The predicted molar refractivity (Wildman–Crippen MR) is 138 cm³/mol. The Hall–Kier alpha value is -4.64. The van der Waals surface area contributed by atoms with Crippen molar-refractivity contribution >= 4 is 18.0 Å². The van der Waals surface area contributed by atoms with Crippen LogP contribution in [0.2, 0.25) is 0 Å². The first kappa shape index (κ1) is 25.0. The summed E-state index contributed by atoms with van der Waals surface area (Å²) in [6.45, 7) is 4.91.